The van der Waals surface area contributed by atoms with E-state index in [4.69, 9.17) is 24.1 Å². The molecule has 0 heterocycles. The van der Waals surface area contributed by atoms with Crippen LogP contribution in [0.15, 0.2) is 0 Å². The summed E-state index contributed by atoms with van der Waals surface area (Å²) in [6.45, 7) is 5.67. The monoisotopic (exact) mass is 390 g/mol. The smallest absolute Gasteiger partial charge is 0.305 e. The van der Waals surface area contributed by atoms with E-state index in [-0.39, 0.29) is 25.4 Å². The molecule has 0 rings (SSSR count). The van der Waals surface area contributed by atoms with Gasteiger partial charge in [0.05, 0.1) is 33.0 Å². The number of carbonyl (C=O) groups is 2. The first-order valence-electron chi connectivity index (χ1n) is 10.3. The second kappa shape index (κ2) is 21.1. The fourth-order valence-electron chi connectivity index (χ4n) is 2.36. The van der Waals surface area contributed by atoms with E-state index < -0.39 is 5.97 Å². The normalized spacial score (nSPS) is 10.9. The number of rotatable bonds is 21. The first kappa shape index (κ1) is 25.8. The molecule has 0 aromatic carbocycles. The van der Waals surface area contributed by atoms with Gasteiger partial charge in [-0.05, 0) is 19.3 Å². The predicted molar refractivity (Wildman–Crippen MR) is 103 cm³/mol. The maximum Gasteiger partial charge on any atom is 0.305 e. The van der Waals surface area contributed by atoms with Crippen molar-refractivity contribution in [3.63, 3.8) is 0 Å². The molecule has 0 bridgehead atoms. The number of carbonyl (C=O) groups excluding carboxylic acids is 1. The van der Waals surface area contributed by atoms with Crippen LogP contribution in [-0.2, 0) is 28.5 Å². The Bertz CT molecular complexity index is 347. The third-order valence-electron chi connectivity index (χ3n) is 3.90. The van der Waals surface area contributed by atoms with Crippen molar-refractivity contribution in [1.29, 1.82) is 0 Å². The highest BCUT2D eigenvalue weighted by atomic mass is 16.6. The minimum Gasteiger partial charge on any atom is -0.481 e. The minimum absolute atomic E-state index is 0.0838. The summed E-state index contributed by atoms with van der Waals surface area (Å²) in [5, 5.41) is 8.49. The lowest BCUT2D eigenvalue weighted by Gasteiger charge is -2.07. The number of hydrogen-bond acceptors (Lipinski definition) is 6. The summed E-state index contributed by atoms with van der Waals surface area (Å²) in [5.74, 6) is -1.16. The van der Waals surface area contributed by atoms with Gasteiger partial charge in [-0.3, -0.25) is 9.59 Å². The van der Waals surface area contributed by atoms with Crippen molar-refractivity contribution < 1.29 is 33.6 Å². The molecule has 160 valence electrons. The number of unbranched alkanes of at least 4 members (excludes halogenated alkanes) is 6. The molecule has 7 nitrogen and oxygen atoms in total. The molecule has 0 aliphatic heterocycles. The quantitative estimate of drug-likeness (QED) is 0.236. The molecule has 0 aliphatic rings. The van der Waals surface area contributed by atoms with Gasteiger partial charge >= 0.3 is 11.9 Å². The van der Waals surface area contributed by atoms with Crippen LogP contribution in [0, 0.1) is 0 Å². The molecule has 0 aliphatic carbocycles. The Morgan fingerprint density at radius 3 is 1.78 bits per heavy atom. The number of carboxylic acid groups (broad SMARTS) is 1. The van der Waals surface area contributed by atoms with Gasteiger partial charge in [0.2, 0.25) is 0 Å². The van der Waals surface area contributed by atoms with Gasteiger partial charge in [-0.15, -0.1) is 0 Å². The SMILES string of the molecule is CCCCCCCCOCCOCCOCCOC(=O)CCCCC(=O)O. The molecule has 0 saturated heterocycles. The summed E-state index contributed by atoms with van der Waals surface area (Å²) in [7, 11) is 0. The first-order chi connectivity index (χ1) is 13.2. The van der Waals surface area contributed by atoms with Gasteiger partial charge in [-0.1, -0.05) is 39.0 Å². The van der Waals surface area contributed by atoms with E-state index in [1.807, 2.05) is 0 Å². The third-order valence-corrected chi connectivity index (χ3v) is 3.90. The first-order valence-corrected chi connectivity index (χ1v) is 10.3. The van der Waals surface area contributed by atoms with Gasteiger partial charge in [0, 0.05) is 19.4 Å². The van der Waals surface area contributed by atoms with Crippen LogP contribution in [0.1, 0.15) is 71.1 Å². The average molecular weight is 391 g/mol. The molecule has 0 aromatic heterocycles. The Kier molecular flexibility index (Phi) is 20.2. The standard InChI is InChI=1S/C20H38O7/c1-2-3-4-5-6-9-12-24-13-14-25-15-16-26-17-18-27-20(23)11-8-7-10-19(21)22/h2-18H2,1H3,(H,21,22). The van der Waals surface area contributed by atoms with Crippen LogP contribution in [0.2, 0.25) is 0 Å². The van der Waals surface area contributed by atoms with Crippen molar-refractivity contribution in [2.45, 2.75) is 71.1 Å². The van der Waals surface area contributed by atoms with E-state index in [0.717, 1.165) is 13.0 Å². The van der Waals surface area contributed by atoms with E-state index in [2.05, 4.69) is 6.92 Å². The highest BCUT2D eigenvalue weighted by Crippen LogP contribution is 2.04. The van der Waals surface area contributed by atoms with Gasteiger partial charge in [0.25, 0.3) is 0 Å². The van der Waals surface area contributed by atoms with Crippen LogP contribution in [0.4, 0.5) is 0 Å². The van der Waals surface area contributed by atoms with Crippen molar-refractivity contribution >= 4 is 11.9 Å². The van der Waals surface area contributed by atoms with Crippen LogP contribution in [0.3, 0.4) is 0 Å². The van der Waals surface area contributed by atoms with Crippen molar-refractivity contribution in [2.75, 3.05) is 46.2 Å². The highest BCUT2D eigenvalue weighted by molar-refractivity contribution is 5.69. The van der Waals surface area contributed by atoms with E-state index in [9.17, 15) is 9.59 Å². The molecule has 0 spiro atoms. The molecular formula is C20H38O7. The topological polar surface area (TPSA) is 91.3 Å². The Hall–Kier alpha value is -1.18. The number of esters is 1. The lowest BCUT2D eigenvalue weighted by atomic mass is 10.1. The van der Waals surface area contributed by atoms with Crippen molar-refractivity contribution in [3.05, 3.63) is 0 Å². The Labute approximate surface area is 163 Å². The van der Waals surface area contributed by atoms with Crippen LogP contribution in [0.5, 0.6) is 0 Å². The van der Waals surface area contributed by atoms with Crippen molar-refractivity contribution in [3.8, 4) is 0 Å². The second-order valence-electron chi connectivity index (χ2n) is 6.43. The van der Waals surface area contributed by atoms with E-state index >= 15 is 0 Å². The van der Waals surface area contributed by atoms with Gasteiger partial charge in [0.1, 0.15) is 6.61 Å². The molecule has 7 heteroatoms. The largest absolute Gasteiger partial charge is 0.481 e. The summed E-state index contributed by atoms with van der Waals surface area (Å²) < 4.78 is 21.2. The highest BCUT2D eigenvalue weighted by Gasteiger charge is 2.04. The third kappa shape index (κ3) is 22.8. The van der Waals surface area contributed by atoms with Gasteiger partial charge in [-0.2, -0.15) is 0 Å². The molecule has 0 unspecified atom stereocenters. The molecule has 0 atom stereocenters. The summed E-state index contributed by atoms with van der Waals surface area (Å²) in [6.07, 6.45) is 8.92. The summed E-state index contributed by atoms with van der Waals surface area (Å²) in [5.41, 5.74) is 0. The Balaban J connectivity index is 3.12. The summed E-state index contributed by atoms with van der Waals surface area (Å²) >= 11 is 0. The number of hydrogen-bond donors (Lipinski definition) is 1. The van der Waals surface area contributed by atoms with E-state index in [0.29, 0.717) is 45.9 Å². The van der Waals surface area contributed by atoms with Crippen LogP contribution >= 0.6 is 0 Å². The van der Waals surface area contributed by atoms with Gasteiger partial charge in [0.15, 0.2) is 0 Å². The lowest BCUT2D eigenvalue weighted by Crippen LogP contribution is -2.14. The predicted octanol–water partition coefficient (Wildman–Crippen LogP) is 3.58. The second-order valence-corrected chi connectivity index (χ2v) is 6.43. The van der Waals surface area contributed by atoms with Crippen molar-refractivity contribution in [2.24, 2.45) is 0 Å². The van der Waals surface area contributed by atoms with Crippen LogP contribution < -0.4 is 0 Å². The zero-order valence-electron chi connectivity index (χ0n) is 16.9. The zero-order chi connectivity index (χ0) is 20.0. The molecule has 27 heavy (non-hydrogen) atoms. The molecule has 0 radical (unpaired) electrons. The average Bonchev–Trinajstić information content (AvgIpc) is 2.64. The number of carboxylic acids is 1. The molecular weight excluding hydrogens is 352 g/mol. The summed E-state index contributed by atoms with van der Waals surface area (Å²) in [6, 6.07) is 0. The van der Waals surface area contributed by atoms with E-state index in [1.165, 1.54) is 32.1 Å². The Morgan fingerprint density at radius 2 is 1.15 bits per heavy atom. The Morgan fingerprint density at radius 1 is 0.630 bits per heavy atom. The minimum atomic E-state index is -0.844. The maximum atomic E-state index is 11.4. The van der Waals surface area contributed by atoms with E-state index in [1.54, 1.807) is 0 Å². The lowest BCUT2D eigenvalue weighted by molar-refractivity contribution is -0.146. The fraction of sp³-hybridized carbons (Fsp3) is 0.900. The number of aliphatic carboxylic acids is 1. The van der Waals surface area contributed by atoms with Gasteiger partial charge < -0.3 is 24.1 Å². The summed E-state index contributed by atoms with van der Waals surface area (Å²) in [4.78, 5) is 21.7. The molecule has 0 fully saturated rings. The molecule has 0 saturated carbocycles. The van der Waals surface area contributed by atoms with Crippen molar-refractivity contribution in [1.82, 2.24) is 0 Å². The molecule has 1 N–H and O–H groups in total. The number of ether oxygens (including phenoxy) is 4. The fourth-order valence-corrected chi connectivity index (χ4v) is 2.36. The van der Waals surface area contributed by atoms with Gasteiger partial charge in [-0.25, -0.2) is 0 Å². The van der Waals surface area contributed by atoms with Crippen LogP contribution in [0.25, 0.3) is 0 Å². The van der Waals surface area contributed by atoms with Crippen LogP contribution in [-0.4, -0.2) is 63.3 Å². The maximum absolute atomic E-state index is 11.4. The zero-order valence-corrected chi connectivity index (χ0v) is 16.9. The molecule has 0 aromatic rings. The molecule has 0 amide bonds.